The average Bonchev–Trinajstić information content (AvgIpc) is 2.83. The van der Waals surface area contributed by atoms with E-state index in [2.05, 4.69) is 15.5 Å². The molecule has 0 radical (unpaired) electrons. The summed E-state index contributed by atoms with van der Waals surface area (Å²) < 4.78 is 11.3. The van der Waals surface area contributed by atoms with Crippen LogP contribution in [0.2, 0.25) is 0 Å². The topological polar surface area (TPSA) is 79.9 Å². The Kier molecular flexibility index (Phi) is 8.92. The van der Waals surface area contributed by atoms with Gasteiger partial charge in [-0.2, -0.15) is 0 Å². The summed E-state index contributed by atoms with van der Waals surface area (Å²) in [5.74, 6) is 1.07. The molecule has 32 heavy (non-hydrogen) atoms. The first kappa shape index (κ1) is 23.6. The monoisotopic (exact) mass is 439 g/mol. The highest BCUT2D eigenvalue weighted by Crippen LogP contribution is 2.29. The van der Waals surface area contributed by atoms with Gasteiger partial charge in [0.1, 0.15) is 6.61 Å². The molecule has 2 N–H and O–H groups in total. The first-order chi connectivity index (χ1) is 15.6. The number of methoxy groups -OCH3 is 1. The van der Waals surface area contributed by atoms with Crippen molar-refractivity contribution in [2.75, 3.05) is 33.3 Å². The lowest BCUT2D eigenvalue weighted by molar-refractivity contribution is -0.122. The van der Waals surface area contributed by atoms with Crippen molar-refractivity contribution < 1.29 is 19.1 Å². The fraction of sp³-hybridized carbons (Fsp3) is 0.440. The number of nitrogens with one attached hydrogen (secondary N) is 2. The molecular formula is C25H33N3O4. The molecule has 0 aromatic heterocycles. The number of hydrogen-bond acceptors (Lipinski definition) is 5. The van der Waals surface area contributed by atoms with Crippen molar-refractivity contribution in [3.63, 3.8) is 0 Å². The third kappa shape index (κ3) is 6.99. The van der Waals surface area contributed by atoms with Gasteiger partial charge in [0.05, 0.1) is 13.7 Å². The molecule has 1 fully saturated rings. The van der Waals surface area contributed by atoms with Crippen molar-refractivity contribution in [2.24, 2.45) is 0 Å². The zero-order chi connectivity index (χ0) is 22.8. The van der Waals surface area contributed by atoms with Gasteiger partial charge in [-0.05, 0) is 43.0 Å². The largest absolute Gasteiger partial charge is 0.493 e. The molecule has 0 aliphatic carbocycles. The minimum Gasteiger partial charge on any atom is -0.493 e. The number of nitrogens with zero attached hydrogens (tertiary/aromatic N) is 1. The molecule has 3 rings (SSSR count). The van der Waals surface area contributed by atoms with E-state index >= 15 is 0 Å². The summed E-state index contributed by atoms with van der Waals surface area (Å²) >= 11 is 0. The predicted octanol–water partition coefficient (Wildman–Crippen LogP) is 2.99. The Hall–Kier alpha value is -3.06. The molecule has 0 bridgehead atoms. The Bertz CT molecular complexity index is 880. The van der Waals surface area contributed by atoms with E-state index in [1.165, 1.54) is 0 Å². The molecule has 0 atom stereocenters. The van der Waals surface area contributed by atoms with Crippen molar-refractivity contribution in [1.29, 1.82) is 0 Å². The van der Waals surface area contributed by atoms with Gasteiger partial charge in [-0.3, -0.25) is 14.5 Å². The maximum absolute atomic E-state index is 12.8. The zero-order valence-electron chi connectivity index (χ0n) is 18.9. The third-order valence-corrected chi connectivity index (χ3v) is 5.53. The summed E-state index contributed by atoms with van der Waals surface area (Å²) in [5.41, 5.74) is 1.60. The minimum atomic E-state index is -0.128. The average molecular weight is 440 g/mol. The van der Waals surface area contributed by atoms with E-state index in [1.807, 2.05) is 37.3 Å². The summed E-state index contributed by atoms with van der Waals surface area (Å²) in [6.45, 7) is 5.18. The molecule has 2 amide bonds. The Balaban J connectivity index is 1.49. The lowest BCUT2D eigenvalue weighted by Crippen LogP contribution is -2.47. The van der Waals surface area contributed by atoms with Crippen LogP contribution in [-0.4, -0.2) is 56.0 Å². The molecule has 2 aromatic carbocycles. The Labute approximate surface area is 190 Å². The number of hydrogen-bond donors (Lipinski definition) is 2. The molecule has 7 nitrogen and oxygen atoms in total. The number of benzene rings is 2. The van der Waals surface area contributed by atoms with Crippen molar-refractivity contribution in [3.8, 4) is 11.5 Å². The molecule has 1 aliphatic rings. The molecule has 0 spiro atoms. The number of piperidine rings is 1. The van der Waals surface area contributed by atoms with Crippen LogP contribution in [-0.2, 0) is 11.4 Å². The van der Waals surface area contributed by atoms with Crippen molar-refractivity contribution in [2.45, 2.75) is 38.8 Å². The smallest absolute Gasteiger partial charge is 0.251 e. The van der Waals surface area contributed by atoms with Crippen molar-refractivity contribution in [3.05, 3.63) is 59.7 Å². The number of carbonyl (C=O) groups is 2. The third-order valence-electron chi connectivity index (χ3n) is 5.53. The molecule has 1 heterocycles. The SMILES string of the molecule is CCCNC(=O)CN1CCC(NC(=O)c2ccc(OCc3ccccc3)c(OC)c2)CC1. The van der Waals surface area contributed by atoms with Gasteiger partial charge >= 0.3 is 0 Å². The van der Waals surface area contributed by atoms with Crippen LogP contribution in [0, 0.1) is 0 Å². The fourth-order valence-electron chi connectivity index (χ4n) is 3.69. The van der Waals surface area contributed by atoms with Crippen molar-refractivity contribution in [1.82, 2.24) is 15.5 Å². The van der Waals surface area contributed by atoms with Gasteiger partial charge in [-0.25, -0.2) is 0 Å². The summed E-state index contributed by atoms with van der Waals surface area (Å²) in [6.07, 6.45) is 2.58. The standard InChI is InChI=1S/C25H33N3O4/c1-3-13-26-24(29)17-28-14-11-21(12-15-28)27-25(30)20-9-10-22(23(16-20)31-2)32-18-19-7-5-4-6-8-19/h4-10,16,21H,3,11-15,17-18H2,1-2H3,(H,26,29)(H,27,30). The second-order valence-corrected chi connectivity index (χ2v) is 8.01. The molecule has 1 aliphatic heterocycles. The second kappa shape index (κ2) is 12.1. The lowest BCUT2D eigenvalue weighted by Gasteiger charge is -2.31. The predicted molar refractivity (Wildman–Crippen MR) is 124 cm³/mol. The van der Waals surface area contributed by atoms with Crippen LogP contribution in [0.25, 0.3) is 0 Å². The van der Waals surface area contributed by atoms with Crippen LogP contribution in [0.3, 0.4) is 0 Å². The molecule has 172 valence electrons. The van der Waals surface area contributed by atoms with E-state index in [0.29, 0.717) is 36.8 Å². The second-order valence-electron chi connectivity index (χ2n) is 8.01. The summed E-state index contributed by atoms with van der Waals surface area (Å²) in [6, 6.07) is 15.2. The zero-order valence-corrected chi connectivity index (χ0v) is 18.9. The maximum atomic E-state index is 12.8. The van der Waals surface area contributed by atoms with Crippen molar-refractivity contribution >= 4 is 11.8 Å². The van der Waals surface area contributed by atoms with Crippen LogP contribution < -0.4 is 20.1 Å². The molecule has 7 heteroatoms. The highest BCUT2D eigenvalue weighted by atomic mass is 16.5. The Morgan fingerprint density at radius 1 is 1.06 bits per heavy atom. The maximum Gasteiger partial charge on any atom is 0.251 e. The number of likely N-dealkylation sites (tertiary alicyclic amines) is 1. The van der Waals surface area contributed by atoms with Gasteiger partial charge < -0.3 is 20.1 Å². The fourth-order valence-corrected chi connectivity index (χ4v) is 3.69. The molecule has 0 saturated carbocycles. The molecular weight excluding hydrogens is 406 g/mol. The minimum absolute atomic E-state index is 0.0657. The summed E-state index contributed by atoms with van der Waals surface area (Å²) in [7, 11) is 1.57. The van der Waals surface area contributed by atoms with Gasteiger partial charge in [0.25, 0.3) is 5.91 Å². The number of ether oxygens (including phenoxy) is 2. The van der Waals surface area contributed by atoms with Gasteiger partial charge in [-0.15, -0.1) is 0 Å². The quantitative estimate of drug-likeness (QED) is 0.595. The van der Waals surface area contributed by atoms with E-state index < -0.39 is 0 Å². The summed E-state index contributed by atoms with van der Waals surface area (Å²) in [5, 5.41) is 6.02. The normalized spacial score (nSPS) is 14.6. The Morgan fingerprint density at radius 2 is 1.81 bits per heavy atom. The van der Waals surface area contributed by atoms with Gasteiger partial charge in [0, 0.05) is 31.2 Å². The molecule has 1 saturated heterocycles. The van der Waals surface area contributed by atoms with Gasteiger partial charge in [0.15, 0.2) is 11.5 Å². The number of amides is 2. The highest BCUT2D eigenvalue weighted by molar-refractivity contribution is 5.95. The van der Waals surface area contributed by atoms with Crippen LogP contribution >= 0.6 is 0 Å². The summed E-state index contributed by atoms with van der Waals surface area (Å²) in [4.78, 5) is 26.8. The van der Waals surface area contributed by atoms with Gasteiger partial charge in [0.2, 0.25) is 5.91 Å². The first-order valence-electron chi connectivity index (χ1n) is 11.2. The lowest BCUT2D eigenvalue weighted by atomic mass is 10.0. The number of rotatable bonds is 10. The van der Waals surface area contributed by atoms with Crippen LogP contribution in [0.1, 0.15) is 42.1 Å². The van der Waals surface area contributed by atoms with E-state index in [4.69, 9.17) is 9.47 Å². The van der Waals surface area contributed by atoms with Crippen LogP contribution in [0.5, 0.6) is 11.5 Å². The van der Waals surface area contributed by atoms with E-state index in [9.17, 15) is 9.59 Å². The number of carbonyl (C=O) groups excluding carboxylic acids is 2. The molecule has 2 aromatic rings. The van der Waals surface area contributed by atoms with Gasteiger partial charge in [-0.1, -0.05) is 37.3 Å². The van der Waals surface area contributed by atoms with E-state index in [-0.39, 0.29) is 17.9 Å². The Morgan fingerprint density at radius 3 is 2.50 bits per heavy atom. The highest BCUT2D eigenvalue weighted by Gasteiger charge is 2.23. The van der Waals surface area contributed by atoms with Crippen LogP contribution in [0.15, 0.2) is 48.5 Å². The van der Waals surface area contributed by atoms with Crippen LogP contribution in [0.4, 0.5) is 0 Å². The first-order valence-corrected chi connectivity index (χ1v) is 11.2. The molecule has 0 unspecified atom stereocenters. The van der Waals surface area contributed by atoms with E-state index in [1.54, 1.807) is 25.3 Å². The van der Waals surface area contributed by atoms with E-state index in [0.717, 1.165) is 37.9 Å².